The van der Waals surface area contributed by atoms with Crippen LogP contribution in [0.3, 0.4) is 0 Å². The number of benzene rings is 1. The number of anilines is 1. The predicted molar refractivity (Wildman–Crippen MR) is 105 cm³/mol. The van der Waals surface area contributed by atoms with Crippen molar-refractivity contribution in [1.29, 1.82) is 0 Å². The molecule has 1 N–H and O–H groups in total. The van der Waals surface area contributed by atoms with E-state index >= 15 is 0 Å². The summed E-state index contributed by atoms with van der Waals surface area (Å²) in [5.41, 5.74) is 0.778. The van der Waals surface area contributed by atoms with E-state index in [-0.39, 0.29) is 11.6 Å². The number of piperidine rings is 1. The molecule has 0 bridgehead atoms. The largest absolute Gasteiger partial charge is 0.347 e. The van der Waals surface area contributed by atoms with Crippen LogP contribution in [-0.2, 0) is 6.54 Å². The molecule has 8 heteroatoms. The van der Waals surface area contributed by atoms with Crippen molar-refractivity contribution in [3.63, 3.8) is 0 Å². The summed E-state index contributed by atoms with van der Waals surface area (Å²) in [5, 5.41) is 8.24. The van der Waals surface area contributed by atoms with Crippen LogP contribution in [0.15, 0.2) is 41.2 Å². The first-order valence-corrected chi connectivity index (χ1v) is 9.90. The van der Waals surface area contributed by atoms with Gasteiger partial charge in [-0.1, -0.05) is 48.6 Å². The van der Waals surface area contributed by atoms with Gasteiger partial charge in [-0.2, -0.15) is 9.50 Å². The van der Waals surface area contributed by atoms with Gasteiger partial charge in [0.25, 0.3) is 11.5 Å². The SMILES string of the molecule is C[C@H]1CCCN(c2nn3c(C(=O)NCc4ccccc4)cc(=O)nc3s2)C1. The van der Waals surface area contributed by atoms with Crippen molar-refractivity contribution in [3.8, 4) is 0 Å². The van der Waals surface area contributed by atoms with Crippen LogP contribution in [0.2, 0.25) is 0 Å². The van der Waals surface area contributed by atoms with Crippen molar-refractivity contribution in [2.24, 2.45) is 5.92 Å². The Labute approximate surface area is 160 Å². The molecule has 1 saturated heterocycles. The van der Waals surface area contributed by atoms with Crippen LogP contribution in [0.25, 0.3) is 4.96 Å². The standard InChI is InChI=1S/C19H21N5O2S/c1-13-6-5-9-23(12-13)19-22-24-15(10-16(25)21-18(24)27-19)17(26)20-11-14-7-3-2-4-8-14/h2-4,7-8,10,13H,5-6,9,11-12H2,1H3,(H,20,26)/t13-/m0/s1. The number of carbonyl (C=O) groups excluding carboxylic acids is 1. The number of hydrogen-bond donors (Lipinski definition) is 1. The van der Waals surface area contributed by atoms with Crippen LogP contribution in [-0.4, -0.2) is 33.6 Å². The maximum absolute atomic E-state index is 12.7. The van der Waals surface area contributed by atoms with Gasteiger partial charge in [-0.25, -0.2) is 0 Å². The number of rotatable bonds is 4. The first-order valence-electron chi connectivity index (χ1n) is 9.08. The first kappa shape index (κ1) is 17.7. The number of amides is 1. The Morgan fingerprint density at radius 1 is 1.33 bits per heavy atom. The summed E-state index contributed by atoms with van der Waals surface area (Å²) in [6.45, 7) is 4.48. The molecule has 27 heavy (non-hydrogen) atoms. The van der Waals surface area contributed by atoms with Crippen LogP contribution >= 0.6 is 11.3 Å². The summed E-state index contributed by atoms with van der Waals surface area (Å²) in [4.78, 5) is 31.3. The van der Waals surface area contributed by atoms with E-state index in [2.05, 4.69) is 27.2 Å². The van der Waals surface area contributed by atoms with E-state index in [1.54, 1.807) is 0 Å². The molecule has 2 aromatic heterocycles. The molecule has 1 aromatic carbocycles. The average Bonchev–Trinajstić information content (AvgIpc) is 3.10. The molecule has 1 amide bonds. The molecule has 3 aromatic rings. The zero-order valence-corrected chi connectivity index (χ0v) is 15.9. The van der Waals surface area contributed by atoms with E-state index in [0.29, 0.717) is 17.4 Å². The third-order valence-electron chi connectivity index (χ3n) is 4.70. The molecule has 1 fully saturated rings. The van der Waals surface area contributed by atoms with Crippen molar-refractivity contribution in [2.75, 3.05) is 18.0 Å². The monoisotopic (exact) mass is 383 g/mol. The topological polar surface area (TPSA) is 79.6 Å². The Bertz CT molecular complexity index is 1010. The summed E-state index contributed by atoms with van der Waals surface area (Å²) in [7, 11) is 0. The molecular weight excluding hydrogens is 362 g/mol. The first-order chi connectivity index (χ1) is 13.1. The molecule has 1 aliphatic rings. The van der Waals surface area contributed by atoms with Crippen molar-refractivity contribution >= 4 is 27.3 Å². The second kappa shape index (κ2) is 7.48. The number of carbonyl (C=O) groups is 1. The second-order valence-corrected chi connectivity index (χ2v) is 7.85. The molecule has 0 spiro atoms. The molecule has 0 aliphatic carbocycles. The molecular formula is C19H21N5O2S. The van der Waals surface area contributed by atoms with Gasteiger partial charge in [-0.05, 0) is 24.3 Å². The summed E-state index contributed by atoms with van der Waals surface area (Å²) in [6.07, 6.45) is 2.33. The third-order valence-corrected chi connectivity index (χ3v) is 5.67. The third kappa shape index (κ3) is 3.85. The van der Waals surface area contributed by atoms with Crippen LogP contribution in [0.5, 0.6) is 0 Å². The van der Waals surface area contributed by atoms with Gasteiger partial charge in [0.2, 0.25) is 10.1 Å². The lowest BCUT2D eigenvalue weighted by Gasteiger charge is -2.30. The smallest absolute Gasteiger partial charge is 0.274 e. The Balaban J connectivity index is 1.61. The summed E-state index contributed by atoms with van der Waals surface area (Å²) in [6, 6.07) is 10.9. The van der Waals surface area contributed by atoms with E-state index in [0.717, 1.165) is 30.2 Å². The highest BCUT2D eigenvalue weighted by Gasteiger charge is 2.22. The average molecular weight is 383 g/mol. The maximum atomic E-state index is 12.7. The number of fused-ring (bicyclic) bond motifs is 1. The van der Waals surface area contributed by atoms with E-state index in [9.17, 15) is 9.59 Å². The van der Waals surface area contributed by atoms with Gasteiger partial charge in [-0.15, -0.1) is 5.10 Å². The zero-order chi connectivity index (χ0) is 18.8. The number of aromatic nitrogens is 3. The van der Waals surface area contributed by atoms with Crippen LogP contribution < -0.4 is 15.8 Å². The highest BCUT2D eigenvalue weighted by molar-refractivity contribution is 7.20. The predicted octanol–water partition coefficient (Wildman–Crippen LogP) is 2.32. The van der Waals surface area contributed by atoms with Gasteiger partial charge in [0.05, 0.1) is 0 Å². The van der Waals surface area contributed by atoms with E-state index < -0.39 is 5.56 Å². The number of hydrogen-bond acceptors (Lipinski definition) is 6. The van der Waals surface area contributed by atoms with Crippen LogP contribution in [0, 0.1) is 5.92 Å². The van der Waals surface area contributed by atoms with Gasteiger partial charge in [0.15, 0.2) is 0 Å². The molecule has 7 nitrogen and oxygen atoms in total. The molecule has 1 atom stereocenters. The molecule has 4 rings (SSSR count). The van der Waals surface area contributed by atoms with Gasteiger partial charge < -0.3 is 10.2 Å². The van der Waals surface area contributed by atoms with Crippen molar-refractivity contribution in [3.05, 3.63) is 58.0 Å². The number of nitrogens with one attached hydrogen (secondary N) is 1. The summed E-state index contributed by atoms with van der Waals surface area (Å²) in [5.74, 6) is 0.268. The Hall–Kier alpha value is -2.74. The molecule has 1 aliphatic heterocycles. The lowest BCUT2D eigenvalue weighted by molar-refractivity contribution is 0.0943. The quantitative estimate of drug-likeness (QED) is 0.748. The highest BCUT2D eigenvalue weighted by atomic mass is 32.1. The lowest BCUT2D eigenvalue weighted by Crippen LogP contribution is -2.34. The van der Waals surface area contributed by atoms with Gasteiger partial charge in [0.1, 0.15) is 5.69 Å². The normalized spacial score (nSPS) is 17.2. The number of nitrogens with zero attached hydrogens (tertiary/aromatic N) is 4. The van der Waals surface area contributed by atoms with Crippen molar-refractivity contribution in [2.45, 2.75) is 26.3 Å². The lowest BCUT2D eigenvalue weighted by atomic mass is 10.0. The Kier molecular flexibility index (Phi) is 4.89. The highest BCUT2D eigenvalue weighted by Crippen LogP contribution is 2.27. The molecule has 3 heterocycles. The van der Waals surface area contributed by atoms with Gasteiger partial charge in [-0.3, -0.25) is 9.59 Å². The van der Waals surface area contributed by atoms with E-state index in [4.69, 9.17) is 0 Å². The van der Waals surface area contributed by atoms with Crippen molar-refractivity contribution < 1.29 is 4.79 Å². The molecule has 0 unspecified atom stereocenters. The fourth-order valence-electron chi connectivity index (χ4n) is 3.33. The van der Waals surface area contributed by atoms with E-state index in [1.807, 2.05) is 30.3 Å². The zero-order valence-electron chi connectivity index (χ0n) is 15.1. The fourth-order valence-corrected chi connectivity index (χ4v) is 4.27. The summed E-state index contributed by atoms with van der Waals surface area (Å²) < 4.78 is 1.49. The summed E-state index contributed by atoms with van der Waals surface area (Å²) >= 11 is 1.35. The van der Waals surface area contributed by atoms with Crippen molar-refractivity contribution in [1.82, 2.24) is 19.9 Å². The fraction of sp³-hybridized carbons (Fsp3) is 0.368. The van der Waals surface area contributed by atoms with Crippen LogP contribution in [0.4, 0.5) is 5.13 Å². The Morgan fingerprint density at radius 3 is 2.93 bits per heavy atom. The van der Waals surface area contributed by atoms with Gasteiger partial charge >= 0.3 is 0 Å². The minimum absolute atomic E-state index is 0.216. The van der Waals surface area contributed by atoms with E-state index in [1.165, 1.54) is 28.3 Å². The molecule has 140 valence electrons. The minimum atomic E-state index is -0.429. The molecule has 0 saturated carbocycles. The molecule has 0 radical (unpaired) electrons. The van der Waals surface area contributed by atoms with Crippen LogP contribution in [0.1, 0.15) is 35.8 Å². The Morgan fingerprint density at radius 2 is 2.15 bits per heavy atom. The van der Waals surface area contributed by atoms with Gasteiger partial charge in [0, 0.05) is 25.7 Å². The minimum Gasteiger partial charge on any atom is -0.347 e. The maximum Gasteiger partial charge on any atom is 0.274 e. The second-order valence-electron chi connectivity index (χ2n) is 6.92.